The predicted molar refractivity (Wildman–Crippen MR) is 67.2 cm³/mol. The molecule has 0 aliphatic carbocycles. The molecule has 0 aliphatic heterocycles. The smallest absolute Gasteiger partial charge is 0.323 e. The molecule has 0 radical (unpaired) electrons. The second-order valence-corrected chi connectivity index (χ2v) is 4.50. The van der Waals surface area contributed by atoms with Gasteiger partial charge >= 0.3 is 5.97 Å². The molecule has 0 heterocycles. The highest BCUT2D eigenvalue weighted by molar-refractivity contribution is 9.10. The summed E-state index contributed by atoms with van der Waals surface area (Å²) in [6.07, 6.45) is 0.507. The Bertz CT molecular complexity index is 379. The molecule has 0 fully saturated rings. The number of carbonyl (C=O) groups is 1. The van der Waals surface area contributed by atoms with E-state index in [9.17, 15) is 4.79 Å². The molecule has 0 saturated carbocycles. The van der Waals surface area contributed by atoms with Gasteiger partial charge in [0.15, 0.2) is 0 Å². The van der Waals surface area contributed by atoms with Gasteiger partial charge in [-0.25, -0.2) is 0 Å². The molecule has 1 atom stereocenters. The summed E-state index contributed by atoms with van der Waals surface area (Å²) in [5, 5.41) is 0. The van der Waals surface area contributed by atoms with E-state index >= 15 is 0 Å². The Balaban J connectivity index is 2.66. The number of nitrogens with two attached hydrogens (primary N) is 1. The highest BCUT2D eigenvalue weighted by Crippen LogP contribution is 2.17. The average Bonchev–Trinajstić information content (AvgIpc) is 2.24. The number of halogens is 1. The van der Waals surface area contributed by atoms with Crippen LogP contribution in [-0.4, -0.2) is 18.6 Å². The number of hydrogen-bond donors (Lipinski definition) is 1. The van der Waals surface area contributed by atoms with E-state index in [2.05, 4.69) is 15.9 Å². The van der Waals surface area contributed by atoms with Crippen LogP contribution in [0.2, 0.25) is 0 Å². The number of esters is 1. The number of rotatable bonds is 4. The highest BCUT2D eigenvalue weighted by Gasteiger charge is 2.15. The fourth-order valence-electron chi connectivity index (χ4n) is 1.42. The van der Waals surface area contributed by atoms with Crippen molar-refractivity contribution in [2.45, 2.75) is 26.3 Å². The molecule has 4 heteroatoms. The van der Waals surface area contributed by atoms with Gasteiger partial charge in [0.1, 0.15) is 6.04 Å². The van der Waals surface area contributed by atoms with E-state index in [0.717, 1.165) is 15.6 Å². The van der Waals surface area contributed by atoms with Crippen molar-refractivity contribution in [3.05, 3.63) is 33.8 Å². The first kappa shape index (κ1) is 13.2. The number of carbonyl (C=O) groups excluding carboxylic acids is 1. The third kappa shape index (κ3) is 3.61. The third-order valence-electron chi connectivity index (χ3n) is 2.27. The molecule has 2 N–H and O–H groups in total. The molecule has 0 bridgehead atoms. The van der Waals surface area contributed by atoms with Crippen LogP contribution in [0.3, 0.4) is 0 Å². The van der Waals surface area contributed by atoms with Crippen molar-refractivity contribution in [3.8, 4) is 0 Å². The molecule has 16 heavy (non-hydrogen) atoms. The van der Waals surface area contributed by atoms with Crippen molar-refractivity contribution in [2.75, 3.05) is 6.61 Å². The van der Waals surface area contributed by atoms with E-state index in [0.29, 0.717) is 13.0 Å². The van der Waals surface area contributed by atoms with Gasteiger partial charge in [-0.3, -0.25) is 4.79 Å². The molecular weight excluding hydrogens is 270 g/mol. The molecule has 1 rings (SSSR count). The van der Waals surface area contributed by atoms with Crippen LogP contribution in [0.1, 0.15) is 18.1 Å². The van der Waals surface area contributed by atoms with Crippen molar-refractivity contribution in [1.82, 2.24) is 0 Å². The van der Waals surface area contributed by atoms with E-state index < -0.39 is 6.04 Å². The summed E-state index contributed by atoms with van der Waals surface area (Å²) in [4.78, 5) is 11.3. The standard InChI is InChI=1S/C12H16BrNO2/c1-3-16-12(15)11(14)7-9-4-5-10(13)8(2)6-9/h4-6,11H,3,7,14H2,1-2H3. The summed E-state index contributed by atoms with van der Waals surface area (Å²) in [5.74, 6) is -0.344. The summed E-state index contributed by atoms with van der Waals surface area (Å²) in [5.41, 5.74) is 7.91. The zero-order valence-corrected chi connectivity index (χ0v) is 11.1. The van der Waals surface area contributed by atoms with Crippen molar-refractivity contribution >= 4 is 21.9 Å². The van der Waals surface area contributed by atoms with E-state index in [1.165, 1.54) is 0 Å². The number of hydrogen-bond acceptors (Lipinski definition) is 3. The maximum Gasteiger partial charge on any atom is 0.323 e. The maximum absolute atomic E-state index is 11.3. The maximum atomic E-state index is 11.3. The van der Waals surface area contributed by atoms with Gasteiger partial charge in [0.05, 0.1) is 6.61 Å². The Hall–Kier alpha value is -0.870. The molecule has 1 aromatic carbocycles. The topological polar surface area (TPSA) is 52.3 Å². The van der Waals surface area contributed by atoms with Crippen LogP contribution >= 0.6 is 15.9 Å². The van der Waals surface area contributed by atoms with Crippen molar-refractivity contribution in [3.63, 3.8) is 0 Å². The van der Waals surface area contributed by atoms with Crippen LogP contribution in [-0.2, 0) is 16.0 Å². The second-order valence-electron chi connectivity index (χ2n) is 3.65. The Morgan fingerprint density at radius 3 is 2.81 bits per heavy atom. The van der Waals surface area contributed by atoms with Gasteiger partial charge in [-0.05, 0) is 37.5 Å². The molecule has 1 unspecified atom stereocenters. The van der Waals surface area contributed by atoms with E-state index in [4.69, 9.17) is 10.5 Å². The van der Waals surface area contributed by atoms with Crippen LogP contribution in [0.25, 0.3) is 0 Å². The van der Waals surface area contributed by atoms with Crippen LogP contribution < -0.4 is 5.73 Å². The largest absolute Gasteiger partial charge is 0.465 e. The predicted octanol–water partition coefficient (Wildman–Crippen LogP) is 2.19. The number of aryl methyl sites for hydroxylation is 1. The molecular formula is C12H16BrNO2. The minimum atomic E-state index is -0.583. The average molecular weight is 286 g/mol. The van der Waals surface area contributed by atoms with Gasteiger partial charge in [0.25, 0.3) is 0 Å². The van der Waals surface area contributed by atoms with Crippen LogP contribution in [0.15, 0.2) is 22.7 Å². The zero-order valence-electron chi connectivity index (χ0n) is 9.50. The first-order valence-corrected chi connectivity index (χ1v) is 6.01. The molecule has 0 spiro atoms. The fourth-order valence-corrected chi connectivity index (χ4v) is 1.67. The zero-order chi connectivity index (χ0) is 12.1. The quantitative estimate of drug-likeness (QED) is 0.863. The van der Waals surface area contributed by atoms with Gasteiger partial charge in [0.2, 0.25) is 0 Å². The van der Waals surface area contributed by atoms with Crippen LogP contribution in [0.4, 0.5) is 0 Å². The van der Waals surface area contributed by atoms with Crippen molar-refractivity contribution < 1.29 is 9.53 Å². The summed E-state index contributed by atoms with van der Waals surface area (Å²) < 4.78 is 5.91. The normalized spacial score (nSPS) is 12.2. The van der Waals surface area contributed by atoms with Gasteiger partial charge in [-0.15, -0.1) is 0 Å². The third-order valence-corrected chi connectivity index (χ3v) is 3.16. The summed E-state index contributed by atoms with van der Waals surface area (Å²) in [7, 11) is 0. The minimum absolute atomic E-state index is 0.344. The Morgan fingerprint density at radius 1 is 1.56 bits per heavy atom. The molecule has 0 amide bonds. The van der Waals surface area contributed by atoms with Gasteiger partial charge in [-0.2, -0.15) is 0 Å². The lowest BCUT2D eigenvalue weighted by atomic mass is 10.0. The highest BCUT2D eigenvalue weighted by atomic mass is 79.9. The monoisotopic (exact) mass is 285 g/mol. The first-order chi connectivity index (χ1) is 7.54. The van der Waals surface area contributed by atoms with E-state index in [1.807, 2.05) is 25.1 Å². The lowest BCUT2D eigenvalue weighted by Crippen LogP contribution is -2.34. The Labute approximate surface area is 104 Å². The van der Waals surface area contributed by atoms with E-state index in [1.54, 1.807) is 6.92 Å². The first-order valence-electron chi connectivity index (χ1n) is 5.21. The van der Waals surface area contributed by atoms with Crippen molar-refractivity contribution in [1.29, 1.82) is 0 Å². The lowest BCUT2D eigenvalue weighted by molar-refractivity contribution is -0.144. The van der Waals surface area contributed by atoms with Gasteiger partial charge in [-0.1, -0.05) is 28.1 Å². The Kier molecular flexibility index (Phi) is 4.96. The summed E-state index contributed by atoms with van der Waals surface area (Å²) in [6.45, 7) is 4.14. The van der Waals surface area contributed by atoms with Gasteiger partial charge < -0.3 is 10.5 Å². The van der Waals surface area contributed by atoms with Crippen molar-refractivity contribution in [2.24, 2.45) is 5.73 Å². The molecule has 88 valence electrons. The van der Waals surface area contributed by atoms with E-state index in [-0.39, 0.29) is 5.97 Å². The number of benzene rings is 1. The minimum Gasteiger partial charge on any atom is -0.465 e. The SMILES string of the molecule is CCOC(=O)C(N)Cc1ccc(Br)c(C)c1. The second kappa shape index (κ2) is 6.01. The molecule has 0 aromatic heterocycles. The number of ether oxygens (including phenoxy) is 1. The summed E-state index contributed by atoms with van der Waals surface area (Å²) >= 11 is 3.43. The van der Waals surface area contributed by atoms with Crippen LogP contribution in [0, 0.1) is 6.92 Å². The van der Waals surface area contributed by atoms with Gasteiger partial charge in [0, 0.05) is 4.47 Å². The summed E-state index contributed by atoms with van der Waals surface area (Å²) in [6, 6.07) is 5.35. The molecule has 3 nitrogen and oxygen atoms in total. The molecule has 0 saturated heterocycles. The van der Waals surface area contributed by atoms with Crippen LogP contribution in [0.5, 0.6) is 0 Å². The molecule has 1 aromatic rings. The Morgan fingerprint density at radius 2 is 2.25 bits per heavy atom. The fraction of sp³-hybridized carbons (Fsp3) is 0.417. The lowest BCUT2D eigenvalue weighted by Gasteiger charge is -2.11. The molecule has 0 aliphatic rings.